The molecular weight excluding hydrogens is 274 g/mol. The zero-order valence-electron chi connectivity index (χ0n) is 11.4. The maximum atomic E-state index is 12.1. The average molecular weight is 287 g/mol. The van der Waals surface area contributed by atoms with Gasteiger partial charge in [0.15, 0.2) is 16.5 Å². The molecule has 20 heavy (non-hydrogen) atoms. The molecule has 3 aromatic rings. The second kappa shape index (κ2) is 4.72. The fourth-order valence-electron chi connectivity index (χ4n) is 1.87. The van der Waals surface area contributed by atoms with Crippen LogP contribution in [0.5, 0.6) is 0 Å². The highest BCUT2D eigenvalue weighted by Crippen LogP contribution is 2.21. The van der Waals surface area contributed by atoms with Crippen molar-refractivity contribution < 1.29 is 9.21 Å². The third-order valence-corrected chi connectivity index (χ3v) is 4.05. The molecular formula is C14H13N3O2S. The van der Waals surface area contributed by atoms with Crippen LogP contribution in [0.2, 0.25) is 0 Å². The van der Waals surface area contributed by atoms with Gasteiger partial charge < -0.3 is 9.73 Å². The van der Waals surface area contributed by atoms with Gasteiger partial charge in [-0.15, -0.1) is 11.3 Å². The van der Waals surface area contributed by atoms with Crippen LogP contribution in [0.15, 0.2) is 22.6 Å². The standard InChI is InChI=1S/C14H13N3O2S/c1-7-8(2)20-14(15-7)13(18)17-10-4-5-12-11(6-10)16-9(3)19-12/h4-6H,1-3H3,(H,17,18). The van der Waals surface area contributed by atoms with Gasteiger partial charge >= 0.3 is 0 Å². The summed E-state index contributed by atoms with van der Waals surface area (Å²) in [6.07, 6.45) is 0. The van der Waals surface area contributed by atoms with Gasteiger partial charge in [0.25, 0.3) is 5.91 Å². The first-order valence-electron chi connectivity index (χ1n) is 6.15. The summed E-state index contributed by atoms with van der Waals surface area (Å²) < 4.78 is 5.40. The summed E-state index contributed by atoms with van der Waals surface area (Å²) >= 11 is 1.39. The highest BCUT2D eigenvalue weighted by Gasteiger charge is 2.13. The van der Waals surface area contributed by atoms with Crippen LogP contribution in [0, 0.1) is 20.8 Å². The van der Waals surface area contributed by atoms with Crippen LogP contribution in [0.4, 0.5) is 5.69 Å². The minimum absolute atomic E-state index is 0.203. The van der Waals surface area contributed by atoms with Crippen LogP contribution in [-0.2, 0) is 0 Å². The molecule has 0 radical (unpaired) electrons. The number of carbonyl (C=O) groups is 1. The number of benzene rings is 1. The summed E-state index contributed by atoms with van der Waals surface area (Å²) in [7, 11) is 0. The highest BCUT2D eigenvalue weighted by molar-refractivity contribution is 7.13. The van der Waals surface area contributed by atoms with Crippen LogP contribution >= 0.6 is 11.3 Å². The monoisotopic (exact) mass is 287 g/mol. The molecule has 0 aliphatic heterocycles. The van der Waals surface area contributed by atoms with Gasteiger partial charge in [-0.2, -0.15) is 0 Å². The molecule has 0 spiro atoms. The molecule has 0 fully saturated rings. The number of hydrogen-bond acceptors (Lipinski definition) is 5. The van der Waals surface area contributed by atoms with Crippen LogP contribution in [0.1, 0.15) is 26.3 Å². The van der Waals surface area contributed by atoms with E-state index in [9.17, 15) is 4.79 Å². The number of aromatic nitrogens is 2. The molecule has 0 aliphatic rings. The molecule has 5 nitrogen and oxygen atoms in total. The van der Waals surface area contributed by atoms with Gasteiger partial charge in [-0.3, -0.25) is 4.79 Å². The molecule has 0 saturated heterocycles. The lowest BCUT2D eigenvalue weighted by Crippen LogP contribution is -2.11. The number of fused-ring (bicyclic) bond motifs is 1. The van der Waals surface area contributed by atoms with E-state index in [1.807, 2.05) is 13.8 Å². The van der Waals surface area contributed by atoms with Crippen molar-refractivity contribution in [3.63, 3.8) is 0 Å². The normalized spacial score (nSPS) is 10.9. The number of anilines is 1. The lowest BCUT2D eigenvalue weighted by molar-refractivity contribution is 0.102. The first-order chi connectivity index (χ1) is 9.52. The molecule has 2 heterocycles. The van der Waals surface area contributed by atoms with E-state index in [-0.39, 0.29) is 5.91 Å². The molecule has 0 atom stereocenters. The van der Waals surface area contributed by atoms with E-state index < -0.39 is 0 Å². The van der Waals surface area contributed by atoms with Crippen LogP contribution in [0.3, 0.4) is 0 Å². The van der Waals surface area contributed by atoms with Crippen LogP contribution in [-0.4, -0.2) is 15.9 Å². The predicted octanol–water partition coefficient (Wildman–Crippen LogP) is 3.46. The molecule has 3 rings (SSSR count). The number of hydrogen-bond donors (Lipinski definition) is 1. The zero-order chi connectivity index (χ0) is 14.3. The highest BCUT2D eigenvalue weighted by atomic mass is 32.1. The minimum atomic E-state index is -0.203. The topological polar surface area (TPSA) is 68.0 Å². The summed E-state index contributed by atoms with van der Waals surface area (Å²) in [6.45, 7) is 5.64. The summed E-state index contributed by atoms with van der Waals surface area (Å²) in [5.41, 5.74) is 3.01. The Morgan fingerprint density at radius 3 is 2.75 bits per heavy atom. The number of nitrogens with zero attached hydrogens (tertiary/aromatic N) is 2. The molecule has 0 aliphatic carbocycles. The fourth-order valence-corrected chi connectivity index (χ4v) is 2.68. The maximum Gasteiger partial charge on any atom is 0.284 e. The molecule has 1 amide bonds. The Labute approximate surface area is 119 Å². The van der Waals surface area contributed by atoms with Crippen molar-refractivity contribution in [2.24, 2.45) is 0 Å². The average Bonchev–Trinajstić information content (AvgIpc) is 2.91. The van der Waals surface area contributed by atoms with E-state index in [1.54, 1.807) is 25.1 Å². The van der Waals surface area contributed by atoms with Gasteiger partial charge in [-0.1, -0.05) is 0 Å². The predicted molar refractivity (Wildman–Crippen MR) is 78.3 cm³/mol. The van der Waals surface area contributed by atoms with Crippen LogP contribution in [0.25, 0.3) is 11.1 Å². The van der Waals surface area contributed by atoms with Crippen molar-refractivity contribution in [3.8, 4) is 0 Å². The maximum absolute atomic E-state index is 12.1. The van der Waals surface area contributed by atoms with Crippen molar-refractivity contribution >= 4 is 34.0 Å². The van der Waals surface area contributed by atoms with E-state index >= 15 is 0 Å². The van der Waals surface area contributed by atoms with Crippen molar-refractivity contribution in [2.75, 3.05) is 5.32 Å². The number of aryl methyl sites for hydroxylation is 3. The molecule has 6 heteroatoms. The second-order valence-electron chi connectivity index (χ2n) is 4.53. The zero-order valence-corrected chi connectivity index (χ0v) is 12.2. The van der Waals surface area contributed by atoms with Gasteiger partial charge in [0.1, 0.15) is 5.52 Å². The van der Waals surface area contributed by atoms with Gasteiger partial charge in [-0.05, 0) is 32.0 Å². The Morgan fingerprint density at radius 1 is 1.25 bits per heavy atom. The minimum Gasteiger partial charge on any atom is -0.441 e. The van der Waals surface area contributed by atoms with Crippen molar-refractivity contribution in [3.05, 3.63) is 39.7 Å². The van der Waals surface area contributed by atoms with E-state index in [2.05, 4.69) is 15.3 Å². The first kappa shape index (κ1) is 12.8. The summed E-state index contributed by atoms with van der Waals surface area (Å²) in [6, 6.07) is 5.37. The Balaban J connectivity index is 1.86. The van der Waals surface area contributed by atoms with Gasteiger partial charge in [0, 0.05) is 17.5 Å². The molecule has 0 bridgehead atoms. The third-order valence-electron chi connectivity index (χ3n) is 2.98. The lowest BCUT2D eigenvalue weighted by Gasteiger charge is -2.01. The van der Waals surface area contributed by atoms with E-state index in [0.717, 1.165) is 16.1 Å². The largest absolute Gasteiger partial charge is 0.441 e. The molecule has 2 aromatic heterocycles. The Morgan fingerprint density at radius 2 is 2.05 bits per heavy atom. The number of amides is 1. The van der Waals surface area contributed by atoms with Crippen molar-refractivity contribution in [2.45, 2.75) is 20.8 Å². The van der Waals surface area contributed by atoms with E-state index in [4.69, 9.17) is 4.42 Å². The molecule has 1 N–H and O–H groups in total. The lowest BCUT2D eigenvalue weighted by atomic mass is 10.3. The van der Waals surface area contributed by atoms with Crippen molar-refractivity contribution in [1.82, 2.24) is 9.97 Å². The number of carbonyl (C=O) groups excluding carboxylic acids is 1. The van der Waals surface area contributed by atoms with E-state index in [1.165, 1.54) is 11.3 Å². The number of thiazole rings is 1. The fraction of sp³-hybridized carbons (Fsp3) is 0.214. The SMILES string of the molecule is Cc1nc2cc(NC(=O)c3nc(C)c(C)s3)ccc2o1. The van der Waals surface area contributed by atoms with Crippen LogP contribution < -0.4 is 5.32 Å². The summed E-state index contributed by atoms with van der Waals surface area (Å²) in [4.78, 5) is 21.7. The molecule has 1 aromatic carbocycles. The number of oxazole rings is 1. The second-order valence-corrected chi connectivity index (χ2v) is 5.73. The first-order valence-corrected chi connectivity index (χ1v) is 6.97. The summed E-state index contributed by atoms with van der Waals surface area (Å²) in [5.74, 6) is 0.403. The number of rotatable bonds is 2. The quantitative estimate of drug-likeness (QED) is 0.783. The summed E-state index contributed by atoms with van der Waals surface area (Å²) in [5, 5.41) is 3.30. The van der Waals surface area contributed by atoms with Gasteiger partial charge in [-0.25, -0.2) is 9.97 Å². The van der Waals surface area contributed by atoms with Gasteiger partial charge in [0.05, 0.1) is 5.69 Å². The van der Waals surface area contributed by atoms with Crippen molar-refractivity contribution in [1.29, 1.82) is 0 Å². The molecule has 0 unspecified atom stereocenters. The number of nitrogens with one attached hydrogen (secondary N) is 1. The van der Waals surface area contributed by atoms with E-state index in [0.29, 0.717) is 22.2 Å². The Kier molecular flexibility index (Phi) is 3.02. The third kappa shape index (κ3) is 2.30. The Bertz CT molecular complexity index is 784. The van der Waals surface area contributed by atoms with Gasteiger partial charge in [0.2, 0.25) is 0 Å². The smallest absolute Gasteiger partial charge is 0.284 e. The molecule has 102 valence electrons. The Hall–Kier alpha value is -2.21. The molecule has 0 saturated carbocycles.